The number of aromatic nitrogens is 1. The number of fused-ring (bicyclic) bond motifs is 3. The standard InChI is InChI=1S/C27H21NO4/c29-26(18-8-3-1-4-9-18)31-24-16-14-20-21-12-7-17-28-23(21)15-13-22(20)25(24)32-27(30)19-10-5-2-6-11-19/h1-13,15,17,24-25H,14,16H2/t24-,25-/m0/s1. The average molecular weight is 423 g/mol. The molecule has 0 bridgehead atoms. The topological polar surface area (TPSA) is 65.5 Å². The summed E-state index contributed by atoms with van der Waals surface area (Å²) in [5.41, 5.74) is 3.74. The molecule has 0 saturated carbocycles. The van der Waals surface area contributed by atoms with Gasteiger partial charge in [-0.05, 0) is 54.8 Å². The Morgan fingerprint density at radius 2 is 1.41 bits per heavy atom. The van der Waals surface area contributed by atoms with Gasteiger partial charge in [0.2, 0.25) is 0 Å². The van der Waals surface area contributed by atoms with Crippen molar-refractivity contribution in [3.63, 3.8) is 0 Å². The molecule has 158 valence electrons. The first-order valence-corrected chi connectivity index (χ1v) is 10.6. The Bertz CT molecular complexity index is 1270. The van der Waals surface area contributed by atoms with E-state index in [1.807, 2.05) is 36.4 Å². The van der Waals surface area contributed by atoms with Crippen LogP contribution in [0.4, 0.5) is 0 Å². The van der Waals surface area contributed by atoms with Crippen molar-refractivity contribution in [2.45, 2.75) is 25.0 Å². The molecular weight excluding hydrogens is 402 g/mol. The summed E-state index contributed by atoms with van der Waals surface area (Å²) in [5.74, 6) is -0.877. The van der Waals surface area contributed by atoms with Gasteiger partial charge in [-0.25, -0.2) is 9.59 Å². The lowest BCUT2D eigenvalue weighted by Gasteiger charge is -2.33. The lowest BCUT2D eigenvalue weighted by Crippen LogP contribution is -2.33. The first kappa shape index (κ1) is 19.9. The second-order valence-electron chi connectivity index (χ2n) is 7.74. The molecule has 1 aliphatic carbocycles. The predicted molar refractivity (Wildman–Crippen MR) is 120 cm³/mol. The zero-order valence-corrected chi connectivity index (χ0v) is 17.3. The molecule has 0 fully saturated rings. The van der Waals surface area contributed by atoms with Crippen LogP contribution < -0.4 is 0 Å². The molecule has 0 unspecified atom stereocenters. The van der Waals surface area contributed by atoms with Gasteiger partial charge in [-0.3, -0.25) is 4.98 Å². The van der Waals surface area contributed by atoms with E-state index in [1.54, 1.807) is 54.7 Å². The number of carbonyl (C=O) groups is 2. The van der Waals surface area contributed by atoms with Crippen LogP contribution in [-0.2, 0) is 15.9 Å². The van der Waals surface area contributed by atoms with Crippen molar-refractivity contribution in [3.8, 4) is 0 Å². The van der Waals surface area contributed by atoms with Crippen LogP contribution in [-0.4, -0.2) is 23.0 Å². The van der Waals surface area contributed by atoms with Crippen molar-refractivity contribution in [1.82, 2.24) is 4.98 Å². The minimum absolute atomic E-state index is 0.428. The van der Waals surface area contributed by atoms with E-state index in [2.05, 4.69) is 4.98 Å². The van der Waals surface area contributed by atoms with Crippen LogP contribution in [0, 0.1) is 0 Å². The van der Waals surface area contributed by atoms with E-state index >= 15 is 0 Å². The second-order valence-corrected chi connectivity index (χ2v) is 7.74. The summed E-state index contributed by atoms with van der Waals surface area (Å²) < 4.78 is 11.8. The first-order chi connectivity index (χ1) is 15.7. The lowest BCUT2D eigenvalue weighted by molar-refractivity contribution is -0.0436. The van der Waals surface area contributed by atoms with E-state index in [0.29, 0.717) is 24.0 Å². The molecule has 0 radical (unpaired) electrons. The molecule has 2 atom stereocenters. The molecule has 3 aromatic carbocycles. The maximum absolute atomic E-state index is 12.9. The van der Waals surface area contributed by atoms with E-state index in [9.17, 15) is 9.59 Å². The SMILES string of the molecule is O=C(O[C@H]1CCc2c(ccc3ncccc23)[C@@H]1OC(=O)c1ccccc1)c1ccccc1. The Morgan fingerprint density at radius 3 is 2.09 bits per heavy atom. The third kappa shape index (κ3) is 3.85. The predicted octanol–water partition coefficient (Wildman–Crippen LogP) is 5.30. The van der Waals surface area contributed by atoms with Gasteiger partial charge in [0.1, 0.15) is 6.10 Å². The minimum Gasteiger partial charge on any atom is -0.454 e. The van der Waals surface area contributed by atoms with Gasteiger partial charge >= 0.3 is 11.9 Å². The zero-order chi connectivity index (χ0) is 21.9. The van der Waals surface area contributed by atoms with E-state index in [0.717, 1.165) is 22.0 Å². The molecule has 5 rings (SSSR count). The smallest absolute Gasteiger partial charge is 0.338 e. The van der Waals surface area contributed by atoms with Crippen molar-refractivity contribution < 1.29 is 19.1 Å². The first-order valence-electron chi connectivity index (χ1n) is 10.6. The molecule has 4 aromatic rings. The van der Waals surface area contributed by atoms with Gasteiger partial charge in [0.15, 0.2) is 6.10 Å². The maximum Gasteiger partial charge on any atom is 0.338 e. The Kier molecular flexibility index (Phi) is 5.38. The number of hydrogen-bond donors (Lipinski definition) is 0. The van der Waals surface area contributed by atoms with Crippen molar-refractivity contribution in [2.75, 3.05) is 0 Å². The molecule has 1 aliphatic rings. The number of hydrogen-bond acceptors (Lipinski definition) is 5. The van der Waals surface area contributed by atoms with Crippen molar-refractivity contribution >= 4 is 22.8 Å². The number of benzene rings is 3. The quantitative estimate of drug-likeness (QED) is 0.417. The van der Waals surface area contributed by atoms with Crippen LogP contribution in [0.5, 0.6) is 0 Å². The highest BCUT2D eigenvalue weighted by molar-refractivity contribution is 5.91. The Morgan fingerprint density at radius 1 is 0.750 bits per heavy atom. The maximum atomic E-state index is 12.9. The Balaban J connectivity index is 1.51. The molecule has 0 aliphatic heterocycles. The number of nitrogens with zero attached hydrogens (tertiary/aromatic N) is 1. The fourth-order valence-electron chi connectivity index (χ4n) is 4.21. The van der Waals surface area contributed by atoms with E-state index in [4.69, 9.17) is 9.47 Å². The van der Waals surface area contributed by atoms with E-state index in [-0.39, 0.29) is 0 Å². The number of aryl methyl sites for hydroxylation is 1. The molecular formula is C27H21NO4. The van der Waals surface area contributed by atoms with Crippen molar-refractivity contribution in [3.05, 3.63) is 113 Å². The van der Waals surface area contributed by atoms with Crippen molar-refractivity contribution in [1.29, 1.82) is 0 Å². The highest BCUT2D eigenvalue weighted by Crippen LogP contribution is 2.38. The van der Waals surface area contributed by atoms with Crippen LogP contribution in [0.25, 0.3) is 10.9 Å². The highest BCUT2D eigenvalue weighted by atomic mass is 16.6. The summed E-state index contributed by atoms with van der Waals surface area (Å²) in [6.45, 7) is 0. The summed E-state index contributed by atoms with van der Waals surface area (Å²) >= 11 is 0. The van der Waals surface area contributed by atoms with Crippen LogP contribution in [0.1, 0.15) is 44.4 Å². The monoisotopic (exact) mass is 423 g/mol. The van der Waals surface area contributed by atoms with Crippen LogP contribution in [0.15, 0.2) is 91.1 Å². The van der Waals surface area contributed by atoms with Gasteiger partial charge in [-0.15, -0.1) is 0 Å². The number of ether oxygens (including phenoxy) is 2. The molecule has 5 heteroatoms. The molecule has 0 saturated heterocycles. The van der Waals surface area contributed by atoms with Crippen LogP contribution in [0.3, 0.4) is 0 Å². The number of pyridine rings is 1. The van der Waals surface area contributed by atoms with E-state index < -0.39 is 24.1 Å². The second kappa shape index (κ2) is 8.63. The average Bonchev–Trinajstić information content (AvgIpc) is 2.86. The van der Waals surface area contributed by atoms with Gasteiger partial charge in [-0.2, -0.15) is 0 Å². The molecule has 0 amide bonds. The third-order valence-electron chi connectivity index (χ3n) is 5.77. The third-order valence-corrected chi connectivity index (χ3v) is 5.77. The summed E-state index contributed by atoms with van der Waals surface area (Å²) in [6.07, 6.45) is 1.71. The molecule has 5 nitrogen and oxygen atoms in total. The summed E-state index contributed by atoms with van der Waals surface area (Å²) in [4.78, 5) is 30.1. The fourth-order valence-corrected chi connectivity index (χ4v) is 4.21. The largest absolute Gasteiger partial charge is 0.454 e. The van der Waals surface area contributed by atoms with Gasteiger partial charge in [0, 0.05) is 17.1 Å². The van der Waals surface area contributed by atoms with Gasteiger partial charge in [-0.1, -0.05) is 48.5 Å². The lowest BCUT2D eigenvalue weighted by atomic mass is 9.85. The van der Waals surface area contributed by atoms with Gasteiger partial charge in [0.25, 0.3) is 0 Å². The summed E-state index contributed by atoms with van der Waals surface area (Å²) in [7, 11) is 0. The van der Waals surface area contributed by atoms with Crippen LogP contribution in [0.2, 0.25) is 0 Å². The fraction of sp³-hybridized carbons (Fsp3) is 0.148. The Labute approximate surface area is 185 Å². The summed E-state index contributed by atoms with van der Waals surface area (Å²) in [5, 5.41) is 1.03. The normalized spacial score (nSPS) is 17.4. The van der Waals surface area contributed by atoms with Gasteiger partial charge < -0.3 is 9.47 Å². The number of rotatable bonds is 4. The van der Waals surface area contributed by atoms with E-state index in [1.165, 1.54) is 0 Å². The molecule has 1 heterocycles. The molecule has 0 spiro atoms. The molecule has 1 aromatic heterocycles. The zero-order valence-electron chi connectivity index (χ0n) is 17.3. The number of esters is 2. The van der Waals surface area contributed by atoms with Crippen molar-refractivity contribution in [2.24, 2.45) is 0 Å². The number of carbonyl (C=O) groups excluding carboxylic acids is 2. The summed E-state index contributed by atoms with van der Waals surface area (Å²) in [6, 6.07) is 25.5. The van der Waals surface area contributed by atoms with Crippen LogP contribution >= 0.6 is 0 Å². The molecule has 32 heavy (non-hydrogen) atoms. The minimum atomic E-state index is -0.705. The van der Waals surface area contributed by atoms with Gasteiger partial charge in [0.05, 0.1) is 16.6 Å². The highest BCUT2D eigenvalue weighted by Gasteiger charge is 2.36. The Hall–Kier alpha value is -3.99. The molecule has 0 N–H and O–H groups in total.